The van der Waals surface area contributed by atoms with Crippen LogP contribution in [0.1, 0.15) is 18.2 Å². The number of benzene rings is 1. The van der Waals surface area contributed by atoms with E-state index in [1.807, 2.05) is 36.0 Å². The van der Waals surface area contributed by atoms with Gasteiger partial charge in [0.25, 0.3) is 0 Å². The van der Waals surface area contributed by atoms with Gasteiger partial charge >= 0.3 is 0 Å². The van der Waals surface area contributed by atoms with Crippen molar-refractivity contribution in [3.63, 3.8) is 0 Å². The highest BCUT2D eigenvalue weighted by Gasteiger charge is 2.01. The average molecular weight is 320 g/mol. The van der Waals surface area contributed by atoms with Gasteiger partial charge < -0.3 is 10.6 Å². The predicted octanol–water partition coefficient (Wildman–Crippen LogP) is 2.37. The fraction of sp³-hybridized carbons (Fsp3) is 0.375. The van der Waals surface area contributed by atoms with Crippen molar-refractivity contribution in [2.24, 2.45) is 12.0 Å². The summed E-state index contributed by atoms with van der Waals surface area (Å²) in [5.74, 6) is 0.811. The fourth-order valence-corrected chi connectivity index (χ4v) is 2.29. The van der Waals surface area contributed by atoms with E-state index in [2.05, 4.69) is 33.7 Å². The van der Waals surface area contributed by atoms with E-state index in [1.54, 1.807) is 6.20 Å². The molecule has 118 valence electrons. The first-order valence-electron chi connectivity index (χ1n) is 7.42. The number of nitrogens with zero attached hydrogens (tertiary/aromatic N) is 3. The van der Waals surface area contributed by atoms with Crippen molar-refractivity contribution < 1.29 is 0 Å². The third-order valence-electron chi connectivity index (χ3n) is 3.26. The standard InChI is InChI=1S/C16H22ClN5/c1-3-18-16(20-12-15-8-10-21-22(15)2)19-9-7-13-5-4-6-14(17)11-13/h4-6,8,10-11H,3,7,9,12H2,1-2H3,(H2,18,19,20). The van der Waals surface area contributed by atoms with Gasteiger partial charge in [-0.3, -0.25) is 4.68 Å². The number of aryl methyl sites for hydroxylation is 1. The van der Waals surface area contributed by atoms with E-state index in [0.717, 1.165) is 36.2 Å². The monoisotopic (exact) mass is 319 g/mol. The first kappa shape index (κ1) is 16.4. The van der Waals surface area contributed by atoms with Gasteiger partial charge in [0.05, 0.1) is 12.2 Å². The summed E-state index contributed by atoms with van der Waals surface area (Å²) < 4.78 is 1.83. The average Bonchev–Trinajstić information content (AvgIpc) is 2.90. The summed E-state index contributed by atoms with van der Waals surface area (Å²) in [5.41, 5.74) is 2.29. The third-order valence-corrected chi connectivity index (χ3v) is 3.50. The molecule has 0 aliphatic heterocycles. The van der Waals surface area contributed by atoms with Crippen LogP contribution in [0.3, 0.4) is 0 Å². The highest BCUT2D eigenvalue weighted by atomic mass is 35.5. The molecule has 1 aromatic carbocycles. The Morgan fingerprint density at radius 3 is 2.86 bits per heavy atom. The quantitative estimate of drug-likeness (QED) is 0.635. The van der Waals surface area contributed by atoms with E-state index < -0.39 is 0 Å². The van der Waals surface area contributed by atoms with E-state index in [0.29, 0.717) is 6.54 Å². The summed E-state index contributed by atoms with van der Waals surface area (Å²) in [7, 11) is 1.92. The van der Waals surface area contributed by atoms with Gasteiger partial charge in [0, 0.05) is 31.4 Å². The van der Waals surface area contributed by atoms with E-state index >= 15 is 0 Å². The molecule has 2 N–H and O–H groups in total. The smallest absolute Gasteiger partial charge is 0.191 e. The normalized spacial score (nSPS) is 11.5. The minimum atomic E-state index is 0.600. The van der Waals surface area contributed by atoms with E-state index in [9.17, 15) is 0 Å². The Bertz CT molecular complexity index is 621. The largest absolute Gasteiger partial charge is 0.357 e. The molecule has 1 aromatic heterocycles. The van der Waals surface area contributed by atoms with Crippen LogP contribution in [0.15, 0.2) is 41.5 Å². The minimum Gasteiger partial charge on any atom is -0.357 e. The SMILES string of the molecule is CCNC(=NCc1ccnn1C)NCCc1cccc(Cl)c1. The summed E-state index contributed by atoms with van der Waals surface area (Å²) in [6, 6.07) is 9.90. The Morgan fingerprint density at radius 2 is 2.18 bits per heavy atom. The zero-order valence-corrected chi connectivity index (χ0v) is 13.8. The van der Waals surface area contributed by atoms with Gasteiger partial charge in [0.15, 0.2) is 5.96 Å². The molecule has 0 spiro atoms. The van der Waals surface area contributed by atoms with Crippen molar-refractivity contribution >= 4 is 17.6 Å². The van der Waals surface area contributed by atoms with Crippen LogP contribution >= 0.6 is 11.6 Å². The molecule has 2 aromatic rings. The van der Waals surface area contributed by atoms with Crippen LogP contribution in [0, 0.1) is 0 Å². The van der Waals surface area contributed by atoms with Gasteiger partial charge in [-0.15, -0.1) is 0 Å². The number of guanidine groups is 1. The fourth-order valence-electron chi connectivity index (χ4n) is 2.08. The van der Waals surface area contributed by atoms with Gasteiger partial charge in [-0.05, 0) is 37.1 Å². The number of hydrogen-bond donors (Lipinski definition) is 2. The molecule has 6 heteroatoms. The maximum Gasteiger partial charge on any atom is 0.191 e. The van der Waals surface area contributed by atoms with Crippen LogP contribution in [0.5, 0.6) is 0 Å². The van der Waals surface area contributed by atoms with Crippen molar-refractivity contribution in [1.29, 1.82) is 0 Å². The molecule has 0 aliphatic rings. The molecule has 22 heavy (non-hydrogen) atoms. The molecule has 0 bridgehead atoms. The topological polar surface area (TPSA) is 54.2 Å². The summed E-state index contributed by atoms with van der Waals surface area (Å²) >= 11 is 5.99. The van der Waals surface area contributed by atoms with Crippen LogP contribution in [-0.4, -0.2) is 28.8 Å². The Balaban J connectivity index is 1.87. The number of halogens is 1. The Labute approximate surface area is 136 Å². The van der Waals surface area contributed by atoms with Crippen LogP contribution in [0.25, 0.3) is 0 Å². The second kappa shape index (κ2) is 8.44. The first-order valence-corrected chi connectivity index (χ1v) is 7.80. The second-order valence-corrected chi connectivity index (χ2v) is 5.38. The van der Waals surface area contributed by atoms with Crippen molar-refractivity contribution in [2.45, 2.75) is 19.9 Å². The number of aliphatic imine (C=N–C) groups is 1. The maximum atomic E-state index is 5.99. The predicted molar refractivity (Wildman–Crippen MR) is 91.2 cm³/mol. The lowest BCUT2D eigenvalue weighted by Gasteiger charge is -2.11. The van der Waals surface area contributed by atoms with Gasteiger partial charge in [-0.2, -0.15) is 5.10 Å². The zero-order chi connectivity index (χ0) is 15.8. The highest BCUT2D eigenvalue weighted by molar-refractivity contribution is 6.30. The maximum absolute atomic E-state index is 5.99. The molecule has 2 rings (SSSR count). The van der Waals surface area contributed by atoms with Crippen molar-refractivity contribution in [2.75, 3.05) is 13.1 Å². The lowest BCUT2D eigenvalue weighted by molar-refractivity contribution is 0.707. The van der Waals surface area contributed by atoms with Crippen LogP contribution in [0.4, 0.5) is 0 Å². The van der Waals surface area contributed by atoms with Gasteiger partial charge in [0.2, 0.25) is 0 Å². The molecule has 5 nitrogen and oxygen atoms in total. The Hall–Kier alpha value is -2.01. The molecule has 0 radical (unpaired) electrons. The van der Waals surface area contributed by atoms with Crippen molar-refractivity contribution in [3.8, 4) is 0 Å². The third kappa shape index (κ3) is 5.07. The highest BCUT2D eigenvalue weighted by Crippen LogP contribution is 2.10. The van der Waals surface area contributed by atoms with Gasteiger partial charge in [0.1, 0.15) is 0 Å². The molecule has 0 atom stereocenters. The molecular weight excluding hydrogens is 298 g/mol. The van der Waals surface area contributed by atoms with Crippen LogP contribution in [0.2, 0.25) is 5.02 Å². The van der Waals surface area contributed by atoms with Crippen LogP contribution in [-0.2, 0) is 20.0 Å². The van der Waals surface area contributed by atoms with E-state index in [1.165, 1.54) is 5.56 Å². The van der Waals surface area contributed by atoms with Gasteiger partial charge in [-0.25, -0.2) is 4.99 Å². The Kier molecular flexibility index (Phi) is 6.27. The second-order valence-electron chi connectivity index (χ2n) is 4.95. The zero-order valence-electron chi connectivity index (χ0n) is 13.0. The first-order chi connectivity index (χ1) is 10.7. The van der Waals surface area contributed by atoms with Crippen molar-refractivity contribution in [3.05, 3.63) is 52.8 Å². The van der Waals surface area contributed by atoms with E-state index in [-0.39, 0.29) is 0 Å². The summed E-state index contributed by atoms with van der Waals surface area (Å²) in [6.45, 7) is 4.28. The molecular formula is C16H22ClN5. The lowest BCUT2D eigenvalue weighted by Crippen LogP contribution is -2.38. The molecule has 0 fully saturated rings. The van der Waals surface area contributed by atoms with Crippen LogP contribution < -0.4 is 10.6 Å². The lowest BCUT2D eigenvalue weighted by atomic mass is 10.1. The minimum absolute atomic E-state index is 0.600. The molecule has 0 amide bonds. The van der Waals surface area contributed by atoms with Crippen molar-refractivity contribution in [1.82, 2.24) is 20.4 Å². The van der Waals surface area contributed by atoms with Gasteiger partial charge in [-0.1, -0.05) is 23.7 Å². The number of nitrogens with one attached hydrogen (secondary N) is 2. The number of hydrogen-bond acceptors (Lipinski definition) is 2. The molecule has 0 unspecified atom stereocenters. The molecule has 1 heterocycles. The molecule has 0 saturated heterocycles. The summed E-state index contributed by atoms with van der Waals surface area (Å²) in [6.07, 6.45) is 2.68. The molecule has 0 saturated carbocycles. The molecule has 0 aliphatic carbocycles. The number of aromatic nitrogens is 2. The summed E-state index contributed by atoms with van der Waals surface area (Å²) in [4.78, 5) is 4.57. The summed E-state index contributed by atoms with van der Waals surface area (Å²) in [5, 5.41) is 11.5. The Morgan fingerprint density at radius 1 is 1.32 bits per heavy atom. The number of rotatable bonds is 6. The van der Waals surface area contributed by atoms with E-state index in [4.69, 9.17) is 11.6 Å².